The Hall–Kier alpha value is -3.53. The van der Waals surface area contributed by atoms with Gasteiger partial charge in [0, 0.05) is 12.4 Å². The van der Waals surface area contributed by atoms with Crippen molar-refractivity contribution in [3.8, 4) is 17.2 Å². The number of benzene rings is 2. The van der Waals surface area contributed by atoms with E-state index in [9.17, 15) is 24.9 Å². The summed E-state index contributed by atoms with van der Waals surface area (Å²) >= 11 is 0.964. The zero-order chi connectivity index (χ0) is 21.0. The SMILES string of the molecule is COc1cc(/C=N/N=C2/S[C@H](CC(=O)[O-])C(=O)N2c2ccc(O)cc2)ccc1O. The number of thioether (sulfide) groups is 1. The molecule has 3 rings (SSSR count). The molecule has 0 bridgehead atoms. The minimum Gasteiger partial charge on any atom is -0.550 e. The smallest absolute Gasteiger partial charge is 0.247 e. The summed E-state index contributed by atoms with van der Waals surface area (Å²) in [4.78, 5) is 24.9. The van der Waals surface area contributed by atoms with E-state index >= 15 is 0 Å². The Labute approximate surface area is 170 Å². The molecule has 1 aliphatic rings. The monoisotopic (exact) mass is 414 g/mol. The number of aromatic hydroxyl groups is 2. The fourth-order valence-corrected chi connectivity index (χ4v) is 3.65. The van der Waals surface area contributed by atoms with E-state index < -0.39 is 23.5 Å². The second-order valence-electron chi connectivity index (χ2n) is 5.93. The van der Waals surface area contributed by atoms with Crippen LogP contribution in [0.15, 0.2) is 52.7 Å². The Kier molecular flexibility index (Phi) is 6.03. The van der Waals surface area contributed by atoms with Gasteiger partial charge < -0.3 is 24.9 Å². The molecule has 1 saturated heterocycles. The first-order valence-corrected chi connectivity index (χ1v) is 9.24. The van der Waals surface area contributed by atoms with E-state index in [1.165, 1.54) is 48.6 Å². The molecule has 9 nitrogen and oxygen atoms in total. The number of phenols is 2. The number of amidine groups is 1. The molecule has 1 fully saturated rings. The summed E-state index contributed by atoms with van der Waals surface area (Å²) in [5, 5.41) is 37.4. The first kappa shape index (κ1) is 20.2. The number of ether oxygens (including phenoxy) is 1. The largest absolute Gasteiger partial charge is 0.550 e. The average molecular weight is 414 g/mol. The van der Waals surface area contributed by atoms with Crippen LogP contribution in [0.4, 0.5) is 5.69 Å². The third-order valence-corrected chi connectivity index (χ3v) is 5.08. The molecule has 0 radical (unpaired) electrons. The quantitative estimate of drug-likeness (QED) is 0.533. The first-order valence-electron chi connectivity index (χ1n) is 8.36. The van der Waals surface area contributed by atoms with Crippen molar-refractivity contribution >= 4 is 40.7 Å². The second-order valence-corrected chi connectivity index (χ2v) is 7.10. The fourth-order valence-electron chi connectivity index (χ4n) is 2.58. The second kappa shape index (κ2) is 8.65. The van der Waals surface area contributed by atoms with Crippen molar-refractivity contribution in [1.82, 2.24) is 0 Å². The van der Waals surface area contributed by atoms with Crippen LogP contribution in [0.5, 0.6) is 17.2 Å². The van der Waals surface area contributed by atoms with E-state index in [0.29, 0.717) is 11.3 Å². The molecule has 1 aliphatic heterocycles. The molecule has 150 valence electrons. The first-order chi connectivity index (χ1) is 13.9. The van der Waals surface area contributed by atoms with Gasteiger partial charge in [0.05, 0.1) is 24.3 Å². The van der Waals surface area contributed by atoms with Crippen molar-refractivity contribution in [3.63, 3.8) is 0 Å². The number of hydrogen-bond acceptors (Lipinski definition) is 9. The van der Waals surface area contributed by atoms with Gasteiger partial charge in [-0.25, -0.2) is 0 Å². The van der Waals surface area contributed by atoms with E-state index in [1.807, 2.05) is 0 Å². The lowest BCUT2D eigenvalue weighted by molar-refractivity contribution is -0.305. The van der Waals surface area contributed by atoms with Crippen molar-refractivity contribution < 1.29 is 29.6 Å². The standard InChI is InChI=1S/C19H17N3O6S/c1-28-15-8-11(2-7-14(15)24)10-20-21-19-22(12-3-5-13(23)6-4-12)18(27)16(29-19)9-17(25)26/h2-8,10,16,23-24H,9H2,1H3,(H,25,26)/p-1/b20-10+,21-19+/t16-/m1/s1. The molecule has 2 N–H and O–H groups in total. The molecular formula is C19H16N3O6S-. The summed E-state index contributed by atoms with van der Waals surface area (Å²) in [6.07, 6.45) is 0.942. The molecule has 10 heteroatoms. The predicted octanol–water partition coefficient (Wildman–Crippen LogP) is 1.08. The van der Waals surface area contributed by atoms with Crippen LogP contribution in [-0.4, -0.2) is 45.8 Å². The van der Waals surface area contributed by atoms with Crippen molar-refractivity contribution in [3.05, 3.63) is 48.0 Å². The highest BCUT2D eigenvalue weighted by molar-refractivity contribution is 8.16. The van der Waals surface area contributed by atoms with Crippen LogP contribution < -0.4 is 14.7 Å². The van der Waals surface area contributed by atoms with E-state index in [4.69, 9.17) is 4.74 Å². The molecule has 1 atom stereocenters. The summed E-state index contributed by atoms with van der Waals surface area (Å²) in [5.41, 5.74) is 1.02. The number of carboxylic acid groups (broad SMARTS) is 1. The topological polar surface area (TPSA) is 135 Å². The number of hydrogen-bond donors (Lipinski definition) is 2. The van der Waals surface area contributed by atoms with Gasteiger partial charge in [-0.3, -0.25) is 9.69 Å². The maximum Gasteiger partial charge on any atom is 0.247 e. The number of carboxylic acids is 1. The van der Waals surface area contributed by atoms with Crippen LogP contribution in [0.2, 0.25) is 0 Å². The van der Waals surface area contributed by atoms with Crippen LogP contribution in [0, 0.1) is 0 Å². The van der Waals surface area contributed by atoms with Crippen LogP contribution in [0.25, 0.3) is 0 Å². The molecule has 0 saturated carbocycles. The van der Waals surface area contributed by atoms with Gasteiger partial charge in [0.1, 0.15) is 5.75 Å². The third-order valence-electron chi connectivity index (χ3n) is 3.95. The number of methoxy groups -OCH3 is 1. The van der Waals surface area contributed by atoms with Gasteiger partial charge in [-0.2, -0.15) is 5.10 Å². The molecule has 1 heterocycles. The van der Waals surface area contributed by atoms with E-state index in [2.05, 4.69) is 10.2 Å². The highest BCUT2D eigenvalue weighted by atomic mass is 32.2. The molecule has 2 aromatic carbocycles. The number of nitrogens with zero attached hydrogens (tertiary/aromatic N) is 3. The predicted molar refractivity (Wildman–Crippen MR) is 106 cm³/mol. The molecule has 29 heavy (non-hydrogen) atoms. The maximum absolute atomic E-state index is 12.7. The molecular weight excluding hydrogens is 398 g/mol. The van der Waals surface area contributed by atoms with Crippen molar-refractivity contribution in [2.45, 2.75) is 11.7 Å². The Balaban J connectivity index is 1.89. The summed E-state index contributed by atoms with van der Waals surface area (Å²) in [6, 6.07) is 10.4. The zero-order valence-corrected chi connectivity index (χ0v) is 16.0. The minimum absolute atomic E-state index is 0.0171. The van der Waals surface area contributed by atoms with Crippen molar-refractivity contribution in [2.75, 3.05) is 12.0 Å². The molecule has 2 aromatic rings. The average Bonchev–Trinajstić information content (AvgIpc) is 2.98. The number of anilines is 1. The van der Waals surface area contributed by atoms with E-state index in [-0.39, 0.29) is 22.4 Å². The molecule has 0 spiro atoms. The lowest BCUT2D eigenvalue weighted by Crippen LogP contribution is -2.35. The molecule has 0 aromatic heterocycles. The van der Waals surface area contributed by atoms with Gasteiger partial charge in [0.25, 0.3) is 0 Å². The highest BCUT2D eigenvalue weighted by Gasteiger charge is 2.39. The third kappa shape index (κ3) is 4.66. The number of carbonyl (C=O) groups is 2. The number of rotatable bonds is 6. The summed E-state index contributed by atoms with van der Waals surface area (Å²) in [6.45, 7) is 0. The zero-order valence-electron chi connectivity index (χ0n) is 15.2. The van der Waals surface area contributed by atoms with Gasteiger partial charge >= 0.3 is 0 Å². The summed E-state index contributed by atoms with van der Waals surface area (Å²) in [7, 11) is 1.42. The molecule has 0 aliphatic carbocycles. The fraction of sp³-hybridized carbons (Fsp3) is 0.158. The van der Waals surface area contributed by atoms with Crippen molar-refractivity contribution in [2.24, 2.45) is 10.2 Å². The van der Waals surface area contributed by atoms with E-state index in [0.717, 1.165) is 11.8 Å². The Bertz CT molecular complexity index is 990. The van der Waals surface area contributed by atoms with Crippen molar-refractivity contribution in [1.29, 1.82) is 0 Å². The number of amides is 1. The van der Waals surface area contributed by atoms with Gasteiger partial charge in [-0.05, 0) is 48.0 Å². The van der Waals surface area contributed by atoms with Gasteiger partial charge in [0.2, 0.25) is 5.91 Å². The Morgan fingerprint density at radius 2 is 2.00 bits per heavy atom. The number of phenolic OH excluding ortho intramolecular Hbond substituents is 2. The maximum atomic E-state index is 12.7. The van der Waals surface area contributed by atoms with Gasteiger partial charge in [-0.15, -0.1) is 5.10 Å². The van der Waals surface area contributed by atoms with Crippen LogP contribution >= 0.6 is 11.8 Å². The molecule has 1 amide bonds. The molecule has 0 unspecified atom stereocenters. The van der Waals surface area contributed by atoms with Gasteiger partial charge in [-0.1, -0.05) is 11.8 Å². The Morgan fingerprint density at radius 3 is 2.66 bits per heavy atom. The van der Waals surface area contributed by atoms with Crippen LogP contribution in [-0.2, 0) is 9.59 Å². The van der Waals surface area contributed by atoms with Crippen LogP contribution in [0.3, 0.4) is 0 Å². The minimum atomic E-state index is -1.34. The Morgan fingerprint density at radius 1 is 1.28 bits per heavy atom. The van der Waals surface area contributed by atoms with E-state index in [1.54, 1.807) is 12.1 Å². The van der Waals surface area contributed by atoms with Gasteiger partial charge in [0.15, 0.2) is 16.7 Å². The summed E-state index contributed by atoms with van der Waals surface area (Å²) in [5.74, 6) is -1.53. The highest BCUT2D eigenvalue weighted by Crippen LogP contribution is 2.34. The normalized spacial score (nSPS) is 18.0. The summed E-state index contributed by atoms with van der Waals surface area (Å²) < 4.78 is 5.03. The lowest BCUT2D eigenvalue weighted by atomic mass is 10.2. The number of aliphatic carboxylic acids is 1. The lowest BCUT2D eigenvalue weighted by Gasteiger charge is -2.16. The van der Waals surface area contributed by atoms with Crippen LogP contribution in [0.1, 0.15) is 12.0 Å². The number of carbonyl (C=O) groups excluding carboxylic acids is 2.